The van der Waals surface area contributed by atoms with Gasteiger partial charge in [0.25, 0.3) is 0 Å². The summed E-state index contributed by atoms with van der Waals surface area (Å²) < 4.78 is 16.6. The Morgan fingerprint density at radius 1 is 0.969 bits per heavy atom. The molecule has 3 saturated heterocycles. The van der Waals surface area contributed by atoms with Gasteiger partial charge in [-0.1, -0.05) is 19.1 Å². The van der Waals surface area contributed by atoms with Gasteiger partial charge < -0.3 is 14.2 Å². The normalized spacial score (nSPS) is 27.8. The Balaban J connectivity index is 1.60. The summed E-state index contributed by atoms with van der Waals surface area (Å²) in [5.74, 6) is 0.152. The molecule has 8 nitrogen and oxygen atoms in total. The van der Waals surface area contributed by atoms with Crippen LogP contribution in [0.1, 0.15) is 25.8 Å². The minimum absolute atomic E-state index is 0.0817. The first-order valence-corrected chi connectivity index (χ1v) is 11.7. The number of hydrogen-bond donors (Lipinski definition) is 0. The molecular formula is C24H35N3O5. The Morgan fingerprint density at radius 2 is 1.56 bits per heavy atom. The van der Waals surface area contributed by atoms with E-state index in [0.717, 1.165) is 43.9 Å². The van der Waals surface area contributed by atoms with Gasteiger partial charge in [0.05, 0.1) is 51.0 Å². The van der Waals surface area contributed by atoms with Crippen LogP contribution < -0.4 is 4.74 Å². The molecule has 1 aromatic rings. The molecule has 0 saturated carbocycles. The Kier molecular flexibility index (Phi) is 7.45. The highest BCUT2D eigenvalue weighted by atomic mass is 16.5. The number of ether oxygens (including phenoxy) is 3. The average Bonchev–Trinajstić information content (AvgIpc) is 3.01. The third kappa shape index (κ3) is 4.69. The molecule has 3 aliphatic rings. The number of amides is 2. The van der Waals surface area contributed by atoms with Crippen LogP contribution in [0.5, 0.6) is 5.75 Å². The number of likely N-dealkylation sites (tertiary alicyclic amines) is 1. The van der Waals surface area contributed by atoms with Gasteiger partial charge >= 0.3 is 0 Å². The van der Waals surface area contributed by atoms with Crippen molar-refractivity contribution in [3.63, 3.8) is 0 Å². The molecule has 0 radical (unpaired) electrons. The standard InChI is InChI=1S/C24H35N3O5/c1-3-12-32-20-6-4-19(5-7-20)24(2)21(17-25-8-13-30-14-9-25)22(28)27(23(24)29)18-26-10-15-31-16-11-26/h4-7,21H,3,8-18H2,1-2H3/t21-,24-/m1/s1. The molecule has 2 amide bonds. The monoisotopic (exact) mass is 445 g/mol. The lowest BCUT2D eigenvalue weighted by Crippen LogP contribution is -2.47. The molecule has 0 unspecified atom stereocenters. The lowest BCUT2D eigenvalue weighted by Gasteiger charge is -2.34. The van der Waals surface area contributed by atoms with Gasteiger partial charge in [-0.15, -0.1) is 0 Å². The summed E-state index contributed by atoms with van der Waals surface area (Å²) in [5.41, 5.74) is -0.0484. The van der Waals surface area contributed by atoms with Crippen LogP contribution in [0.3, 0.4) is 0 Å². The topological polar surface area (TPSA) is 71.6 Å². The second kappa shape index (κ2) is 10.3. The van der Waals surface area contributed by atoms with Crippen LogP contribution in [0.15, 0.2) is 24.3 Å². The molecule has 3 fully saturated rings. The smallest absolute Gasteiger partial charge is 0.241 e. The largest absolute Gasteiger partial charge is 0.494 e. The minimum atomic E-state index is -0.912. The van der Waals surface area contributed by atoms with E-state index in [0.29, 0.717) is 46.2 Å². The number of carbonyl (C=O) groups excluding carboxylic acids is 2. The predicted octanol–water partition coefficient (Wildman–Crippen LogP) is 1.34. The van der Waals surface area contributed by atoms with Crippen LogP contribution in [0, 0.1) is 5.92 Å². The van der Waals surface area contributed by atoms with Gasteiger partial charge in [-0.25, -0.2) is 0 Å². The number of hydrogen-bond acceptors (Lipinski definition) is 7. The number of benzene rings is 1. The SMILES string of the molecule is CCCOc1ccc([C@@]2(C)C(=O)N(CN3CCOCC3)C(=O)[C@H]2CN2CCOCC2)cc1. The van der Waals surface area contributed by atoms with Crippen LogP contribution in [-0.2, 0) is 24.5 Å². The quantitative estimate of drug-likeness (QED) is 0.559. The first-order valence-electron chi connectivity index (χ1n) is 11.7. The zero-order valence-electron chi connectivity index (χ0n) is 19.3. The zero-order chi connectivity index (χ0) is 22.6. The Labute approximate surface area is 190 Å². The van der Waals surface area contributed by atoms with E-state index < -0.39 is 11.3 Å². The molecule has 32 heavy (non-hydrogen) atoms. The highest BCUT2D eigenvalue weighted by molar-refractivity contribution is 6.10. The molecule has 0 aliphatic carbocycles. The van der Waals surface area contributed by atoms with Crippen LogP contribution in [-0.4, -0.2) is 98.9 Å². The number of imide groups is 1. The number of morpholine rings is 2. The maximum atomic E-state index is 13.8. The van der Waals surface area contributed by atoms with E-state index in [1.165, 1.54) is 4.90 Å². The summed E-state index contributed by atoms with van der Waals surface area (Å²) in [6.45, 7) is 11.1. The lowest BCUT2D eigenvalue weighted by atomic mass is 9.73. The summed E-state index contributed by atoms with van der Waals surface area (Å²) in [4.78, 5) is 33.3. The Bertz CT molecular complexity index is 789. The molecule has 3 aliphatic heterocycles. The Morgan fingerprint density at radius 3 is 2.16 bits per heavy atom. The summed E-state index contributed by atoms with van der Waals surface area (Å²) in [6.07, 6.45) is 0.935. The van der Waals surface area contributed by atoms with Crippen molar-refractivity contribution in [1.82, 2.24) is 14.7 Å². The van der Waals surface area contributed by atoms with Crippen LogP contribution >= 0.6 is 0 Å². The van der Waals surface area contributed by atoms with Crippen LogP contribution in [0.2, 0.25) is 0 Å². The number of rotatable bonds is 8. The highest BCUT2D eigenvalue weighted by Gasteiger charge is 2.57. The maximum absolute atomic E-state index is 13.8. The third-order valence-electron chi connectivity index (χ3n) is 6.87. The van der Waals surface area contributed by atoms with Crippen molar-refractivity contribution in [3.05, 3.63) is 29.8 Å². The van der Waals surface area contributed by atoms with Gasteiger partial charge in [-0.05, 0) is 31.0 Å². The van der Waals surface area contributed by atoms with E-state index in [-0.39, 0.29) is 11.8 Å². The van der Waals surface area contributed by atoms with Crippen molar-refractivity contribution < 1.29 is 23.8 Å². The van der Waals surface area contributed by atoms with E-state index >= 15 is 0 Å². The van der Waals surface area contributed by atoms with Gasteiger partial charge in [0, 0.05) is 32.7 Å². The summed E-state index contributed by atoms with van der Waals surface area (Å²) in [5, 5.41) is 0. The number of carbonyl (C=O) groups is 2. The average molecular weight is 446 g/mol. The van der Waals surface area contributed by atoms with Gasteiger partial charge in [0.15, 0.2) is 0 Å². The molecule has 0 N–H and O–H groups in total. The van der Waals surface area contributed by atoms with E-state index in [1.54, 1.807) is 0 Å². The molecule has 8 heteroatoms. The fraction of sp³-hybridized carbons (Fsp3) is 0.667. The van der Waals surface area contributed by atoms with Gasteiger partial charge in [0.1, 0.15) is 5.75 Å². The molecule has 176 valence electrons. The third-order valence-corrected chi connectivity index (χ3v) is 6.87. The van der Waals surface area contributed by atoms with E-state index in [1.807, 2.05) is 31.2 Å². The lowest BCUT2D eigenvalue weighted by molar-refractivity contribution is -0.143. The van der Waals surface area contributed by atoms with Gasteiger partial charge in [0.2, 0.25) is 11.8 Å². The molecule has 4 rings (SSSR count). The highest BCUT2D eigenvalue weighted by Crippen LogP contribution is 2.42. The minimum Gasteiger partial charge on any atom is -0.494 e. The predicted molar refractivity (Wildman–Crippen MR) is 119 cm³/mol. The molecule has 1 aromatic carbocycles. The van der Waals surface area contributed by atoms with Gasteiger partial charge in [-0.2, -0.15) is 0 Å². The fourth-order valence-electron chi connectivity index (χ4n) is 4.79. The first kappa shape index (κ1) is 23.2. The van der Waals surface area contributed by atoms with Crippen LogP contribution in [0.25, 0.3) is 0 Å². The summed E-state index contributed by atoms with van der Waals surface area (Å²) >= 11 is 0. The van der Waals surface area contributed by atoms with Crippen molar-refractivity contribution in [2.45, 2.75) is 25.7 Å². The van der Waals surface area contributed by atoms with Gasteiger partial charge in [-0.3, -0.25) is 24.3 Å². The molecule has 3 heterocycles. The van der Waals surface area contributed by atoms with Crippen molar-refractivity contribution >= 4 is 11.8 Å². The molecule has 0 bridgehead atoms. The fourth-order valence-corrected chi connectivity index (χ4v) is 4.79. The number of nitrogens with zero attached hydrogens (tertiary/aromatic N) is 3. The molecule has 0 aromatic heterocycles. The van der Waals surface area contributed by atoms with E-state index in [4.69, 9.17) is 14.2 Å². The van der Waals surface area contributed by atoms with Crippen molar-refractivity contribution in [2.24, 2.45) is 5.92 Å². The van der Waals surface area contributed by atoms with E-state index in [9.17, 15) is 9.59 Å². The van der Waals surface area contributed by atoms with Crippen molar-refractivity contribution in [3.8, 4) is 5.75 Å². The second-order valence-electron chi connectivity index (χ2n) is 8.98. The van der Waals surface area contributed by atoms with E-state index in [2.05, 4.69) is 16.7 Å². The first-order chi connectivity index (χ1) is 15.5. The van der Waals surface area contributed by atoms with Crippen molar-refractivity contribution in [1.29, 1.82) is 0 Å². The molecule has 0 spiro atoms. The zero-order valence-corrected chi connectivity index (χ0v) is 19.3. The summed E-state index contributed by atoms with van der Waals surface area (Å²) in [7, 11) is 0. The summed E-state index contributed by atoms with van der Waals surface area (Å²) in [6, 6.07) is 7.70. The Hall–Kier alpha value is -2.00. The molecular weight excluding hydrogens is 410 g/mol. The maximum Gasteiger partial charge on any atom is 0.241 e. The second-order valence-corrected chi connectivity index (χ2v) is 8.98. The van der Waals surface area contributed by atoms with Crippen LogP contribution in [0.4, 0.5) is 0 Å². The van der Waals surface area contributed by atoms with Crippen molar-refractivity contribution in [2.75, 3.05) is 72.4 Å². The molecule has 2 atom stereocenters.